The van der Waals surface area contributed by atoms with E-state index in [9.17, 15) is 13.2 Å². The summed E-state index contributed by atoms with van der Waals surface area (Å²) in [6.07, 6.45) is -3.52. The van der Waals surface area contributed by atoms with Gasteiger partial charge in [0.15, 0.2) is 5.96 Å². The van der Waals surface area contributed by atoms with Crippen LogP contribution in [0.2, 0.25) is 0 Å². The number of rotatable bonds is 7. The van der Waals surface area contributed by atoms with Crippen LogP contribution in [0.3, 0.4) is 0 Å². The van der Waals surface area contributed by atoms with Crippen molar-refractivity contribution in [1.29, 1.82) is 0 Å². The van der Waals surface area contributed by atoms with Gasteiger partial charge in [0.1, 0.15) is 0 Å². The van der Waals surface area contributed by atoms with E-state index in [-0.39, 0.29) is 24.0 Å². The summed E-state index contributed by atoms with van der Waals surface area (Å²) in [7, 11) is 3.14. The fraction of sp³-hybridized carbons (Fsp3) is 0.615. The number of hydrogen-bond acceptors (Lipinski definition) is 3. The van der Waals surface area contributed by atoms with Crippen LogP contribution in [0.5, 0.6) is 0 Å². The SMILES string of the molecule is CN=C(NCCCN(C)CC(F)(F)F)NCc1cccs1.I. The van der Waals surface area contributed by atoms with Gasteiger partial charge in [0, 0.05) is 18.5 Å². The lowest BCUT2D eigenvalue weighted by molar-refractivity contribution is -0.143. The molecule has 0 aliphatic carbocycles. The number of aliphatic imine (C=N–C) groups is 1. The van der Waals surface area contributed by atoms with Gasteiger partial charge < -0.3 is 10.6 Å². The predicted molar refractivity (Wildman–Crippen MR) is 96.1 cm³/mol. The molecule has 0 aromatic carbocycles. The van der Waals surface area contributed by atoms with Gasteiger partial charge in [0.25, 0.3) is 0 Å². The number of halogens is 4. The molecule has 22 heavy (non-hydrogen) atoms. The van der Waals surface area contributed by atoms with Crippen molar-refractivity contribution in [2.45, 2.75) is 19.1 Å². The molecule has 0 aliphatic rings. The molecule has 0 atom stereocenters. The van der Waals surface area contributed by atoms with Crippen molar-refractivity contribution in [3.63, 3.8) is 0 Å². The van der Waals surface area contributed by atoms with Gasteiger partial charge in [0.05, 0.1) is 13.1 Å². The third-order valence-electron chi connectivity index (χ3n) is 2.69. The molecule has 0 bridgehead atoms. The summed E-state index contributed by atoms with van der Waals surface area (Å²) in [5, 5.41) is 8.24. The summed E-state index contributed by atoms with van der Waals surface area (Å²) in [5.41, 5.74) is 0. The minimum Gasteiger partial charge on any atom is -0.356 e. The number of guanidine groups is 1. The molecule has 1 rings (SSSR count). The van der Waals surface area contributed by atoms with Crippen molar-refractivity contribution in [2.75, 3.05) is 33.7 Å². The van der Waals surface area contributed by atoms with E-state index in [2.05, 4.69) is 15.6 Å². The van der Waals surface area contributed by atoms with Gasteiger partial charge in [-0.25, -0.2) is 0 Å². The Balaban J connectivity index is 0.00000441. The molecular formula is C13H22F3IN4S. The largest absolute Gasteiger partial charge is 0.401 e. The first-order valence-electron chi connectivity index (χ1n) is 6.63. The first-order chi connectivity index (χ1) is 9.90. The van der Waals surface area contributed by atoms with Crippen molar-refractivity contribution < 1.29 is 13.2 Å². The zero-order valence-corrected chi connectivity index (χ0v) is 15.8. The van der Waals surface area contributed by atoms with E-state index in [0.717, 1.165) is 0 Å². The summed E-state index contributed by atoms with van der Waals surface area (Å²) >= 11 is 1.65. The highest BCUT2D eigenvalue weighted by molar-refractivity contribution is 14.0. The van der Waals surface area contributed by atoms with E-state index in [0.29, 0.717) is 32.0 Å². The van der Waals surface area contributed by atoms with E-state index in [1.165, 1.54) is 16.8 Å². The molecule has 0 spiro atoms. The minimum absolute atomic E-state index is 0. The number of nitrogens with zero attached hydrogens (tertiary/aromatic N) is 2. The normalized spacial score (nSPS) is 12.2. The maximum absolute atomic E-state index is 12.1. The van der Waals surface area contributed by atoms with E-state index in [4.69, 9.17) is 0 Å². The second-order valence-electron chi connectivity index (χ2n) is 4.64. The van der Waals surface area contributed by atoms with Crippen molar-refractivity contribution in [2.24, 2.45) is 4.99 Å². The monoisotopic (exact) mass is 450 g/mol. The Morgan fingerprint density at radius 3 is 2.64 bits per heavy atom. The molecule has 1 aromatic heterocycles. The maximum atomic E-state index is 12.1. The number of alkyl halides is 3. The lowest BCUT2D eigenvalue weighted by Gasteiger charge is -2.18. The average molecular weight is 450 g/mol. The number of nitrogens with one attached hydrogen (secondary N) is 2. The Bertz CT molecular complexity index is 423. The summed E-state index contributed by atoms with van der Waals surface area (Å²) in [5.74, 6) is 0.655. The highest BCUT2D eigenvalue weighted by Crippen LogP contribution is 2.15. The van der Waals surface area contributed by atoms with Gasteiger partial charge in [-0.1, -0.05) is 6.07 Å². The Labute approximate surface area is 150 Å². The van der Waals surface area contributed by atoms with Crippen LogP contribution in [-0.4, -0.2) is 50.8 Å². The van der Waals surface area contributed by atoms with Crippen LogP contribution in [-0.2, 0) is 6.54 Å². The van der Waals surface area contributed by atoms with Crippen molar-refractivity contribution in [1.82, 2.24) is 15.5 Å². The van der Waals surface area contributed by atoms with E-state index >= 15 is 0 Å². The Morgan fingerprint density at radius 1 is 1.36 bits per heavy atom. The van der Waals surface area contributed by atoms with Gasteiger partial charge in [-0.2, -0.15) is 13.2 Å². The van der Waals surface area contributed by atoms with Crippen molar-refractivity contribution in [3.05, 3.63) is 22.4 Å². The minimum atomic E-state index is -4.14. The van der Waals surface area contributed by atoms with Crippen LogP contribution in [0.1, 0.15) is 11.3 Å². The molecule has 0 amide bonds. The molecule has 0 saturated carbocycles. The molecule has 2 N–H and O–H groups in total. The smallest absolute Gasteiger partial charge is 0.356 e. The molecule has 9 heteroatoms. The molecule has 0 aliphatic heterocycles. The van der Waals surface area contributed by atoms with E-state index in [1.54, 1.807) is 18.4 Å². The van der Waals surface area contributed by atoms with Crippen LogP contribution < -0.4 is 10.6 Å². The maximum Gasteiger partial charge on any atom is 0.401 e. The predicted octanol–water partition coefficient (Wildman–Crippen LogP) is 2.92. The molecule has 0 unspecified atom stereocenters. The summed E-state index contributed by atoms with van der Waals surface area (Å²) in [6, 6.07) is 4.01. The molecular weight excluding hydrogens is 428 g/mol. The molecule has 4 nitrogen and oxygen atoms in total. The van der Waals surface area contributed by atoms with Gasteiger partial charge in [0.2, 0.25) is 0 Å². The summed E-state index contributed by atoms with van der Waals surface area (Å²) in [4.78, 5) is 6.53. The van der Waals surface area contributed by atoms with E-state index in [1.807, 2.05) is 17.5 Å². The fourth-order valence-corrected chi connectivity index (χ4v) is 2.39. The van der Waals surface area contributed by atoms with E-state index < -0.39 is 12.7 Å². The van der Waals surface area contributed by atoms with Crippen LogP contribution in [0.4, 0.5) is 13.2 Å². The standard InChI is InChI=1S/C13H21F3N4S.HI/c1-17-12(19-9-11-5-3-8-21-11)18-6-4-7-20(2)10-13(14,15)16;/h3,5,8H,4,6-7,9-10H2,1-2H3,(H2,17,18,19);1H. The first kappa shape index (κ1) is 21.4. The van der Waals surface area contributed by atoms with Crippen LogP contribution in [0.25, 0.3) is 0 Å². The average Bonchev–Trinajstić information content (AvgIpc) is 2.89. The highest BCUT2D eigenvalue weighted by Gasteiger charge is 2.28. The van der Waals surface area contributed by atoms with Crippen LogP contribution in [0, 0.1) is 0 Å². The van der Waals surface area contributed by atoms with Crippen LogP contribution >= 0.6 is 35.3 Å². The third-order valence-corrected chi connectivity index (χ3v) is 3.57. The highest BCUT2D eigenvalue weighted by atomic mass is 127. The van der Waals surface area contributed by atoms with Gasteiger partial charge in [-0.15, -0.1) is 35.3 Å². The van der Waals surface area contributed by atoms with Gasteiger partial charge in [-0.05, 0) is 31.5 Å². The topological polar surface area (TPSA) is 39.7 Å². The lowest BCUT2D eigenvalue weighted by atomic mass is 10.4. The summed E-state index contributed by atoms with van der Waals surface area (Å²) in [6.45, 7) is 0.768. The zero-order chi connectivity index (χ0) is 15.7. The number of thiophene rings is 1. The molecule has 0 fully saturated rings. The molecule has 0 radical (unpaired) electrons. The molecule has 1 aromatic rings. The summed E-state index contributed by atoms with van der Waals surface area (Å²) < 4.78 is 36.4. The van der Waals surface area contributed by atoms with Crippen molar-refractivity contribution >= 4 is 41.3 Å². The van der Waals surface area contributed by atoms with Gasteiger partial charge >= 0.3 is 6.18 Å². The second kappa shape index (κ2) is 11.1. The molecule has 0 saturated heterocycles. The first-order valence-corrected chi connectivity index (χ1v) is 7.51. The Hall–Kier alpha value is -0.550. The fourth-order valence-electron chi connectivity index (χ4n) is 1.75. The molecule has 128 valence electrons. The van der Waals surface area contributed by atoms with Crippen molar-refractivity contribution in [3.8, 4) is 0 Å². The molecule has 1 heterocycles. The lowest BCUT2D eigenvalue weighted by Crippen LogP contribution is -2.38. The quantitative estimate of drug-likeness (QED) is 0.291. The Kier molecular flexibility index (Phi) is 10.8. The second-order valence-corrected chi connectivity index (χ2v) is 5.67. The van der Waals surface area contributed by atoms with Crippen LogP contribution in [0.15, 0.2) is 22.5 Å². The number of hydrogen-bond donors (Lipinski definition) is 2. The zero-order valence-electron chi connectivity index (χ0n) is 12.6. The van der Waals surface area contributed by atoms with Gasteiger partial charge in [-0.3, -0.25) is 9.89 Å². The Morgan fingerprint density at radius 2 is 2.09 bits per heavy atom. The third kappa shape index (κ3) is 10.2.